The van der Waals surface area contributed by atoms with Crippen molar-refractivity contribution in [2.45, 2.75) is 44.2 Å². The second-order valence-electron chi connectivity index (χ2n) is 5.77. The highest BCUT2D eigenvalue weighted by molar-refractivity contribution is 6.35. The molecule has 0 amide bonds. The number of likely N-dealkylation sites (N-methyl/N-ethyl adjacent to an activating group) is 1. The van der Waals surface area contributed by atoms with Crippen molar-refractivity contribution < 1.29 is 9.84 Å². The molecule has 0 aliphatic heterocycles. The highest BCUT2D eigenvalue weighted by atomic mass is 35.5. The van der Waals surface area contributed by atoms with Gasteiger partial charge in [0.1, 0.15) is 18.5 Å². The lowest BCUT2D eigenvalue weighted by Gasteiger charge is -2.32. The van der Waals surface area contributed by atoms with Crippen LogP contribution in [0, 0.1) is 0 Å². The first-order valence-electron chi connectivity index (χ1n) is 7.52. The van der Waals surface area contributed by atoms with Gasteiger partial charge in [-0.1, -0.05) is 42.5 Å². The molecule has 1 atom stereocenters. The van der Waals surface area contributed by atoms with E-state index in [9.17, 15) is 5.11 Å². The molecular weight excluding hydrogens is 309 g/mol. The number of hydrogen-bond donors (Lipinski definition) is 1. The molecule has 1 aromatic carbocycles. The first-order valence-corrected chi connectivity index (χ1v) is 8.28. The van der Waals surface area contributed by atoms with E-state index >= 15 is 0 Å². The molecule has 3 nitrogen and oxygen atoms in total. The summed E-state index contributed by atoms with van der Waals surface area (Å²) in [5.41, 5.74) is 0. The van der Waals surface area contributed by atoms with Crippen LogP contribution in [-0.4, -0.2) is 42.4 Å². The Morgan fingerprint density at radius 1 is 1.29 bits per heavy atom. The highest BCUT2D eigenvalue weighted by Gasteiger charge is 2.20. The number of ether oxygens (including phenoxy) is 1. The minimum Gasteiger partial charge on any atom is -0.489 e. The fraction of sp³-hybridized carbons (Fsp3) is 0.625. The van der Waals surface area contributed by atoms with E-state index in [1.165, 1.54) is 32.1 Å². The minimum atomic E-state index is -0.524. The van der Waals surface area contributed by atoms with Crippen molar-refractivity contribution in [2.24, 2.45) is 0 Å². The molecule has 1 fully saturated rings. The number of aliphatic hydroxyl groups is 1. The molecule has 0 heterocycles. The summed E-state index contributed by atoms with van der Waals surface area (Å²) in [6.07, 6.45) is 5.86. The average molecular weight is 332 g/mol. The van der Waals surface area contributed by atoms with Gasteiger partial charge in [0.25, 0.3) is 0 Å². The Hall–Kier alpha value is -0.480. The van der Waals surface area contributed by atoms with Crippen LogP contribution < -0.4 is 4.74 Å². The molecule has 0 saturated heterocycles. The zero-order valence-corrected chi connectivity index (χ0v) is 13.9. The van der Waals surface area contributed by atoms with Crippen LogP contribution >= 0.6 is 23.2 Å². The third kappa shape index (κ3) is 5.33. The van der Waals surface area contributed by atoms with E-state index in [1.807, 2.05) is 0 Å². The van der Waals surface area contributed by atoms with E-state index in [-0.39, 0.29) is 6.61 Å². The van der Waals surface area contributed by atoms with Crippen LogP contribution in [0.1, 0.15) is 32.1 Å². The topological polar surface area (TPSA) is 32.7 Å². The molecular formula is C16H23Cl2NO2. The molecule has 1 N–H and O–H groups in total. The summed E-state index contributed by atoms with van der Waals surface area (Å²) in [6.45, 7) is 0.855. The molecule has 1 unspecified atom stereocenters. The number of aliphatic hydroxyl groups excluding tert-OH is 1. The second kappa shape index (κ2) is 8.23. The summed E-state index contributed by atoms with van der Waals surface area (Å²) >= 11 is 11.9. The molecule has 21 heavy (non-hydrogen) atoms. The highest BCUT2D eigenvalue weighted by Crippen LogP contribution is 2.27. The van der Waals surface area contributed by atoms with E-state index in [0.29, 0.717) is 28.4 Å². The summed E-state index contributed by atoms with van der Waals surface area (Å²) in [7, 11) is 2.08. The van der Waals surface area contributed by atoms with Crippen molar-refractivity contribution in [3.63, 3.8) is 0 Å². The van der Waals surface area contributed by atoms with Crippen LogP contribution in [0.4, 0.5) is 0 Å². The van der Waals surface area contributed by atoms with Crippen molar-refractivity contribution in [3.8, 4) is 5.75 Å². The summed E-state index contributed by atoms with van der Waals surface area (Å²) in [5, 5.41) is 11.2. The molecule has 0 radical (unpaired) electrons. The fourth-order valence-corrected chi connectivity index (χ4v) is 3.30. The maximum Gasteiger partial charge on any atom is 0.138 e. The van der Waals surface area contributed by atoms with Crippen LogP contribution in [0.2, 0.25) is 10.0 Å². The Morgan fingerprint density at radius 3 is 2.67 bits per heavy atom. The number of nitrogens with zero attached hydrogens (tertiary/aromatic N) is 1. The van der Waals surface area contributed by atoms with Gasteiger partial charge in [-0.3, -0.25) is 0 Å². The van der Waals surface area contributed by atoms with Gasteiger partial charge in [-0.2, -0.15) is 0 Å². The predicted octanol–water partition coefficient (Wildman–Crippen LogP) is 4.00. The maximum absolute atomic E-state index is 10.1. The largest absolute Gasteiger partial charge is 0.489 e. The van der Waals surface area contributed by atoms with Crippen molar-refractivity contribution in [1.29, 1.82) is 0 Å². The Kier molecular flexibility index (Phi) is 6.62. The molecule has 0 spiro atoms. The third-order valence-corrected chi connectivity index (χ3v) is 4.55. The standard InChI is InChI=1S/C16H23Cl2NO2/c1-19(13-5-3-2-4-6-13)10-14(20)11-21-16-8-7-12(17)9-15(16)18/h7-9,13-14,20H,2-6,10-11H2,1H3. The van der Waals surface area contributed by atoms with Crippen LogP contribution in [-0.2, 0) is 0 Å². The van der Waals surface area contributed by atoms with E-state index in [0.717, 1.165) is 0 Å². The molecule has 118 valence electrons. The van der Waals surface area contributed by atoms with Crippen LogP contribution in [0.5, 0.6) is 5.75 Å². The quantitative estimate of drug-likeness (QED) is 0.855. The summed E-state index contributed by atoms with van der Waals surface area (Å²) in [6, 6.07) is 5.68. The lowest BCUT2D eigenvalue weighted by molar-refractivity contribution is 0.0562. The normalized spacial score (nSPS) is 18.0. The lowest BCUT2D eigenvalue weighted by Crippen LogP contribution is -2.40. The number of hydrogen-bond acceptors (Lipinski definition) is 3. The summed E-state index contributed by atoms with van der Waals surface area (Å²) in [5.74, 6) is 0.556. The zero-order valence-electron chi connectivity index (χ0n) is 12.4. The molecule has 5 heteroatoms. The molecule has 1 aromatic rings. The first-order chi connectivity index (χ1) is 10.1. The van der Waals surface area contributed by atoms with Gasteiger partial charge >= 0.3 is 0 Å². The first kappa shape index (κ1) is 16.9. The molecule has 0 bridgehead atoms. The van der Waals surface area contributed by atoms with E-state index < -0.39 is 6.10 Å². The van der Waals surface area contributed by atoms with Crippen molar-refractivity contribution in [2.75, 3.05) is 20.2 Å². The number of rotatable bonds is 6. The number of benzene rings is 1. The Balaban J connectivity index is 1.77. The lowest BCUT2D eigenvalue weighted by atomic mass is 9.94. The number of halogens is 2. The Bertz CT molecular complexity index is 450. The fourth-order valence-electron chi connectivity index (χ4n) is 2.83. The third-order valence-electron chi connectivity index (χ3n) is 4.02. The Labute approximate surface area is 136 Å². The van der Waals surface area contributed by atoms with Gasteiger partial charge in [-0.05, 0) is 38.1 Å². The van der Waals surface area contributed by atoms with Crippen molar-refractivity contribution in [1.82, 2.24) is 4.90 Å². The van der Waals surface area contributed by atoms with Gasteiger partial charge < -0.3 is 14.7 Å². The van der Waals surface area contributed by atoms with Crippen LogP contribution in [0.3, 0.4) is 0 Å². The van der Waals surface area contributed by atoms with E-state index in [2.05, 4.69) is 11.9 Å². The molecule has 2 rings (SSSR count). The van der Waals surface area contributed by atoms with Gasteiger partial charge in [-0.25, -0.2) is 0 Å². The van der Waals surface area contributed by atoms with Crippen molar-refractivity contribution in [3.05, 3.63) is 28.2 Å². The van der Waals surface area contributed by atoms with Gasteiger partial charge in [-0.15, -0.1) is 0 Å². The average Bonchev–Trinajstić information content (AvgIpc) is 2.47. The van der Waals surface area contributed by atoms with Gasteiger partial charge in [0.15, 0.2) is 0 Å². The van der Waals surface area contributed by atoms with Gasteiger partial charge in [0.2, 0.25) is 0 Å². The Morgan fingerprint density at radius 2 is 2.00 bits per heavy atom. The molecule has 1 aliphatic rings. The summed E-state index contributed by atoms with van der Waals surface area (Å²) < 4.78 is 5.57. The van der Waals surface area contributed by atoms with E-state index in [1.54, 1.807) is 18.2 Å². The molecule has 1 saturated carbocycles. The van der Waals surface area contributed by atoms with Crippen LogP contribution in [0.25, 0.3) is 0 Å². The molecule has 1 aliphatic carbocycles. The monoisotopic (exact) mass is 331 g/mol. The minimum absolute atomic E-state index is 0.235. The second-order valence-corrected chi connectivity index (χ2v) is 6.61. The maximum atomic E-state index is 10.1. The summed E-state index contributed by atoms with van der Waals surface area (Å²) in [4.78, 5) is 2.25. The van der Waals surface area contributed by atoms with Crippen LogP contribution in [0.15, 0.2) is 18.2 Å². The smallest absolute Gasteiger partial charge is 0.138 e. The van der Waals surface area contributed by atoms with Crippen molar-refractivity contribution >= 4 is 23.2 Å². The van der Waals surface area contributed by atoms with E-state index in [4.69, 9.17) is 27.9 Å². The van der Waals surface area contributed by atoms with Gasteiger partial charge in [0.05, 0.1) is 5.02 Å². The predicted molar refractivity (Wildman–Crippen MR) is 87.5 cm³/mol. The SMILES string of the molecule is CN(CC(O)COc1ccc(Cl)cc1Cl)C1CCCCC1. The molecule has 0 aromatic heterocycles. The van der Waals surface area contributed by atoms with Gasteiger partial charge in [0, 0.05) is 17.6 Å². The zero-order chi connectivity index (χ0) is 15.2.